The van der Waals surface area contributed by atoms with E-state index in [1.807, 2.05) is 20.8 Å². The molecule has 0 radical (unpaired) electrons. The minimum absolute atomic E-state index is 0.172. The zero-order valence-corrected chi connectivity index (χ0v) is 17.6. The Balaban J connectivity index is 1.91. The summed E-state index contributed by atoms with van der Waals surface area (Å²) in [5, 5.41) is 0. The monoisotopic (exact) mass is 405 g/mol. The number of carbonyl (C=O) groups is 2. The van der Waals surface area contributed by atoms with Crippen LogP contribution in [0.5, 0.6) is 0 Å². The highest BCUT2D eigenvalue weighted by atomic mass is 32.2. The van der Waals surface area contributed by atoms with Crippen molar-refractivity contribution in [2.45, 2.75) is 52.0 Å². The van der Waals surface area contributed by atoms with Crippen LogP contribution in [0, 0.1) is 20.8 Å². The second kappa shape index (κ2) is 9.19. The first-order valence-corrected chi connectivity index (χ1v) is 11.0. The molecule has 0 spiro atoms. The normalized spacial score (nSPS) is 11.4. The summed E-state index contributed by atoms with van der Waals surface area (Å²) in [5.41, 5.74) is 3.32. The third-order valence-electron chi connectivity index (χ3n) is 4.64. The first-order chi connectivity index (χ1) is 13.2. The Morgan fingerprint density at radius 2 is 1.71 bits per heavy atom. The molecule has 0 aliphatic heterocycles. The average Bonchev–Trinajstić information content (AvgIpc) is 2.93. The molecule has 0 unspecified atom stereocenters. The van der Waals surface area contributed by atoms with Crippen molar-refractivity contribution in [3.63, 3.8) is 0 Å². The van der Waals surface area contributed by atoms with Gasteiger partial charge in [-0.25, -0.2) is 8.42 Å². The Morgan fingerprint density at radius 1 is 1.07 bits per heavy atom. The maximum atomic E-state index is 12.4. The fourth-order valence-electron chi connectivity index (χ4n) is 3.03. The number of sulfone groups is 1. The first kappa shape index (κ1) is 21.9. The molecule has 1 aromatic heterocycles. The summed E-state index contributed by atoms with van der Waals surface area (Å²) in [6.45, 7) is 8.16. The molecule has 0 saturated heterocycles. The number of hydrogen-bond donors (Lipinski definition) is 0. The van der Waals surface area contributed by atoms with Gasteiger partial charge in [0.25, 0.3) is 0 Å². The molecule has 0 amide bonds. The van der Waals surface area contributed by atoms with E-state index in [9.17, 15) is 18.0 Å². The van der Waals surface area contributed by atoms with Gasteiger partial charge in [0.2, 0.25) is 5.78 Å². The molecular formula is C21H27NO5S. The molecule has 1 heterocycles. The maximum absolute atomic E-state index is 12.4. The molecule has 1 aromatic carbocycles. The van der Waals surface area contributed by atoms with Gasteiger partial charge in [0.15, 0.2) is 16.4 Å². The predicted octanol–water partition coefficient (Wildman–Crippen LogP) is 3.41. The van der Waals surface area contributed by atoms with Gasteiger partial charge in [0, 0.05) is 23.5 Å². The number of ketones is 1. The topological polar surface area (TPSA) is 82.4 Å². The number of ether oxygens (including phenoxy) is 1. The maximum Gasteiger partial charge on any atom is 0.307 e. The fourth-order valence-corrected chi connectivity index (χ4v) is 4.25. The number of carbonyl (C=O) groups excluding carboxylic acids is 2. The summed E-state index contributed by atoms with van der Waals surface area (Å²) in [5.74, 6) is -1.34. The van der Waals surface area contributed by atoms with Crippen molar-refractivity contribution in [1.82, 2.24) is 4.57 Å². The second-order valence-corrected chi connectivity index (χ2v) is 9.01. The summed E-state index contributed by atoms with van der Waals surface area (Å²) in [6.07, 6.45) is 0.660. The van der Waals surface area contributed by atoms with Crippen LogP contribution in [-0.4, -0.2) is 37.1 Å². The molecule has 6 nitrogen and oxygen atoms in total. The highest BCUT2D eigenvalue weighted by Crippen LogP contribution is 2.17. The van der Waals surface area contributed by atoms with E-state index in [0.717, 1.165) is 29.9 Å². The standard InChI is InChI=1S/C21H27NO5S/c1-5-11-22-16(3)13-19(17(22)4)20(23)14-27-21(24)10-12-28(25,26)18-8-6-15(2)7-9-18/h6-9,13H,5,10-12,14H2,1-4H3. The molecule has 152 valence electrons. The molecule has 0 aliphatic rings. The molecule has 0 aliphatic carbocycles. The Labute approximate surface area is 166 Å². The molecule has 7 heteroatoms. The van der Waals surface area contributed by atoms with Crippen molar-refractivity contribution in [2.75, 3.05) is 12.4 Å². The summed E-state index contributed by atoms with van der Waals surface area (Å²) in [7, 11) is -3.57. The quantitative estimate of drug-likeness (QED) is 0.472. The Kier molecular flexibility index (Phi) is 7.18. The Bertz CT molecular complexity index is 955. The van der Waals surface area contributed by atoms with E-state index in [0.29, 0.717) is 5.56 Å². The number of Topliss-reactive ketones (excluding diaryl/α,β-unsaturated/α-hetero) is 1. The molecule has 0 N–H and O–H groups in total. The van der Waals surface area contributed by atoms with Crippen LogP contribution in [-0.2, 0) is 25.9 Å². The molecule has 2 rings (SSSR count). The van der Waals surface area contributed by atoms with Crippen LogP contribution < -0.4 is 0 Å². The van der Waals surface area contributed by atoms with E-state index in [4.69, 9.17) is 4.74 Å². The lowest BCUT2D eigenvalue weighted by atomic mass is 10.1. The minimum Gasteiger partial charge on any atom is -0.457 e. The van der Waals surface area contributed by atoms with Gasteiger partial charge in [0.1, 0.15) is 0 Å². The van der Waals surface area contributed by atoms with Gasteiger partial charge in [-0.05, 0) is 45.4 Å². The van der Waals surface area contributed by atoms with Crippen molar-refractivity contribution in [3.8, 4) is 0 Å². The summed E-state index contributed by atoms with van der Waals surface area (Å²) in [6, 6.07) is 8.25. The van der Waals surface area contributed by atoms with Crippen LogP contribution in [0.15, 0.2) is 35.2 Å². The molecule has 0 atom stereocenters. The average molecular weight is 406 g/mol. The van der Waals surface area contributed by atoms with Crippen molar-refractivity contribution in [1.29, 1.82) is 0 Å². The number of rotatable bonds is 9. The Hall–Kier alpha value is -2.41. The number of aromatic nitrogens is 1. The van der Waals surface area contributed by atoms with Gasteiger partial charge in [0.05, 0.1) is 17.1 Å². The summed E-state index contributed by atoms with van der Waals surface area (Å²) in [4.78, 5) is 24.5. The van der Waals surface area contributed by atoms with Crippen LogP contribution >= 0.6 is 0 Å². The fraction of sp³-hybridized carbons (Fsp3) is 0.429. The number of aryl methyl sites for hydroxylation is 2. The lowest BCUT2D eigenvalue weighted by molar-refractivity contribution is -0.142. The third-order valence-corrected chi connectivity index (χ3v) is 6.37. The van der Waals surface area contributed by atoms with E-state index in [1.54, 1.807) is 18.2 Å². The van der Waals surface area contributed by atoms with Crippen molar-refractivity contribution in [3.05, 3.63) is 52.8 Å². The Morgan fingerprint density at radius 3 is 2.32 bits per heavy atom. The second-order valence-electron chi connectivity index (χ2n) is 6.90. The van der Waals surface area contributed by atoms with E-state index in [2.05, 4.69) is 11.5 Å². The van der Waals surface area contributed by atoms with Crippen molar-refractivity contribution in [2.24, 2.45) is 0 Å². The molecular weight excluding hydrogens is 378 g/mol. The smallest absolute Gasteiger partial charge is 0.307 e. The van der Waals surface area contributed by atoms with E-state index < -0.39 is 15.8 Å². The summed E-state index contributed by atoms with van der Waals surface area (Å²) >= 11 is 0. The molecule has 2 aromatic rings. The summed E-state index contributed by atoms with van der Waals surface area (Å²) < 4.78 is 31.6. The predicted molar refractivity (Wildman–Crippen MR) is 107 cm³/mol. The highest BCUT2D eigenvalue weighted by molar-refractivity contribution is 7.91. The minimum atomic E-state index is -3.57. The van der Waals surface area contributed by atoms with Gasteiger partial charge >= 0.3 is 5.97 Å². The van der Waals surface area contributed by atoms with Gasteiger partial charge in [-0.15, -0.1) is 0 Å². The SMILES string of the molecule is CCCn1c(C)cc(C(=O)COC(=O)CCS(=O)(=O)c2ccc(C)cc2)c1C. The van der Waals surface area contributed by atoms with Gasteiger partial charge in [-0.2, -0.15) is 0 Å². The zero-order chi connectivity index (χ0) is 20.9. The van der Waals surface area contributed by atoms with Crippen LogP contribution in [0.1, 0.15) is 47.1 Å². The number of nitrogens with zero attached hydrogens (tertiary/aromatic N) is 1. The molecule has 0 fully saturated rings. The van der Waals surface area contributed by atoms with E-state index in [-0.39, 0.29) is 29.5 Å². The van der Waals surface area contributed by atoms with Crippen molar-refractivity contribution >= 4 is 21.6 Å². The lowest BCUT2D eigenvalue weighted by Crippen LogP contribution is -2.18. The van der Waals surface area contributed by atoms with Crippen LogP contribution in [0.3, 0.4) is 0 Å². The van der Waals surface area contributed by atoms with Gasteiger partial charge < -0.3 is 9.30 Å². The molecule has 0 bridgehead atoms. The van der Waals surface area contributed by atoms with E-state index >= 15 is 0 Å². The van der Waals surface area contributed by atoms with Crippen LogP contribution in [0.4, 0.5) is 0 Å². The lowest BCUT2D eigenvalue weighted by Gasteiger charge is -2.08. The largest absolute Gasteiger partial charge is 0.457 e. The number of esters is 1. The van der Waals surface area contributed by atoms with E-state index in [1.165, 1.54) is 12.1 Å². The first-order valence-electron chi connectivity index (χ1n) is 9.30. The van der Waals surface area contributed by atoms with Gasteiger partial charge in [-0.1, -0.05) is 24.6 Å². The number of benzene rings is 1. The molecule has 28 heavy (non-hydrogen) atoms. The van der Waals surface area contributed by atoms with Crippen molar-refractivity contribution < 1.29 is 22.7 Å². The van der Waals surface area contributed by atoms with Crippen LogP contribution in [0.2, 0.25) is 0 Å². The third kappa shape index (κ3) is 5.32. The van der Waals surface area contributed by atoms with Crippen LogP contribution in [0.25, 0.3) is 0 Å². The van der Waals surface area contributed by atoms with Gasteiger partial charge in [-0.3, -0.25) is 9.59 Å². The highest BCUT2D eigenvalue weighted by Gasteiger charge is 2.19. The molecule has 0 saturated carbocycles. The zero-order valence-electron chi connectivity index (χ0n) is 16.8. The number of hydrogen-bond acceptors (Lipinski definition) is 5.